The standard InChI is InChI=1S/C45H35F3N6O8/c1-53-35-14-15-49-24-34(35)31-8-4-25(19-37(31)53)26-5-13-40(50-23-26)62-30-20-29(21-30)61-38-11-6-27(51-41(38)45(46,47)48)3-2-16-59-17-18-60-28-7-9-32-33(22-28)44(58)54(43(32)57)36-10-12-39(55)52-42(36)56/h4-9,11,13-15,19,22-24,29-30,36H,10,12,16-18,20-21H2,1H3,(H,52,55,56). The summed E-state index contributed by atoms with van der Waals surface area (Å²) >= 11 is 0. The summed E-state index contributed by atoms with van der Waals surface area (Å²) in [6, 6.07) is 17.7. The molecule has 17 heteroatoms. The monoisotopic (exact) mass is 844 g/mol. The number of benzene rings is 2. The van der Waals surface area contributed by atoms with Crippen molar-refractivity contribution in [3.05, 3.63) is 108 Å². The maximum Gasteiger partial charge on any atom is 0.437 e. The van der Waals surface area contributed by atoms with Crippen LogP contribution in [-0.4, -0.2) is 86.1 Å². The van der Waals surface area contributed by atoms with E-state index in [9.17, 15) is 32.3 Å². The van der Waals surface area contributed by atoms with E-state index in [-0.39, 0.29) is 61.3 Å². The second kappa shape index (κ2) is 16.3. The van der Waals surface area contributed by atoms with Gasteiger partial charge in [0.25, 0.3) is 11.8 Å². The maximum absolute atomic E-state index is 14.0. The van der Waals surface area contributed by atoms with Crippen LogP contribution in [0.1, 0.15) is 57.8 Å². The summed E-state index contributed by atoms with van der Waals surface area (Å²) in [4.78, 5) is 63.0. The molecule has 1 aliphatic carbocycles. The van der Waals surface area contributed by atoms with Crippen molar-refractivity contribution in [3.8, 4) is 40.3 Å². The highest BCUT2D eigenvalue weighted by Gasteiger charge is 2.45. The highest BCUT2D eigenvalue weighted by Crippen LogP contribution is 2.38. The Morgan fingerprint density at radius 3 is 2.44 bits per heavy atom. The van der Waals surface area contributed by atoms with Gasteiger partial charge >= 0.3 is 6.18 Å². The lowest BCUT2D eigenvalue weighted by atomic mass is 9.92. The minimum Gasteiger partial charge on any atom is -0.491 e. The van der Waals surface area contributed by atoms with Gasteiger partial charge in [0.15, 0.2) is 11.4 Å². The second-order valence-electron chi connectivity index (χ2n) is 14.9. The van der Waals surface area contributed by atoms with Gasteiger partial charge in [-0.05, 0) is 66.4 Å². The molecule has 1 saturated carbocycles. The summed E-state index contributed by atoms with van der Waals surface area (Å²) in [6.45, 7) is -0.0623. The zero-order valence-corrected chi connectivity index (χ0v) is 32.9. The number of carbonyl (C=O) groups is 4. The van der Waals surface area contributed by atoms with Gasteiger partial charge in [-0.25, -0.2) is 9.97 Å². The predicted octanol–water partition coefficient (Wildman–Crippen LogP) is 6.04. The van der Waals surface area contributed by atoms with E-state index in [1.165, 1.54) is 30.3 Å². The molecule has 6 heterocycles. The number of pyridine rings is 3. The van der Waals surface area contributed by atoms with Crippen LogP contribution in [-0.2, 0) is 27.5 Å². The number of hydrogen-bond donors (Lipinski definition) is 1. The molecule has 6 aromatic rings. The van der Waals surface area contributed by atoms with Gasteiger partial charge in [-0.1, -0.05) is 18.1 Å². The highest BCUT2D eigenvalue weighted by molar-refractivity contribution is 6.23. The predicted molar refractivity (Wildman–Crippen MR) is 215 cm³/mol. The number of rotatable bonds is 11. The van der Waals surface area contributed by atoms with Gasteiger partial charge in [-0.15, -0.1) is 0 Å². The first kappa shape index (κ1) is 40.1. The molecule has 4 aromatic heterocycles. The highest BCUT2D eigenvalue weighted by atomic mass is 19.4. The molecule has 0 radical (unpaired) electrons. The van der Waals surface area contributed by atoms with E-state index < -0.39 is 53.4 Å². The van der Waals surface area contributed by atoms with Crippen molar-refractivity contribution < 1.29 is 51.3 Å². The number of nitrogens with zero attached hydrogens (tertiary/aromatic N) is 5. The number of carbonyl (C=O) groups excluding carboxylic acids is 4. The molecule has 3 aliphatic rings. The van der Waals surface area contributed by atoms with Crippen molar-refractivity contribution in [2.75, 3.05) is 19.8 Å². The quantitative estimate of drug-likeness (QED) is 0.0919. The molecule has 14 nitrogen and oxygen atoms in total. The molecule has 1 atom stereocenters. The molecule has 9 rings (SSSR count). The maximum atomic E-state index is 14.0. The number of imide groups is 2. The van der Waals surface area contributed by atoms with Crippen LogP contribution in [0.25, 0.3) is 32.9 Å². The molecule has 2 fully saturated rings. The van der Waals surface area contributed by atoms with Crippen molar-refractivity contribution in [1.29, 1.82) is 0 Å². The number of hydrogen-bond acceptors (Lipinski definition) is 11. The summed E-state index contributed by atoms with van der Waals surface area (Å²) in [5.41, 5.74) is 2.95. The fourth-order valence-corrected chi connectivity index (χ4v) is 7.74. The number of fused-ring (bicyclic) bond motifs is 4. The minimum absolute atomic E-state index is 0.00921. The molecule has 2 aliphatic heterocycles. The van der Waals surface area contributed by atoms with E-state index in [1.807, 2.05) is 31.4 Å². The van der Waals surface area contributed by atoms with E-state index in [2.05, 4.69) is 48.8 Å². The first-order chi connectivity index (χ1) is 29.9. The Bertz CT molecular complexity index is 2840. The number of halogens is 3. The number of aryl methyl sites for hydroxylation is 1. The normalized spacial score (nSPS) is 18.6. The third kappa shape index (κ3) is 7.87. The number of piperidine rings is 1. The van der Waals surface area contributed by atoms with Crippen LogP contribution in [0.4, 0.5) is 13.2 Å². The molecule has 0 bridgehead atoms. The Hall–Kier alpha value is -7.32. The van der Waals surface area contributed by atoms with Crippen molar-refractivity contribution in [2.45, 2.75) is 50.1 Å². The Morgan fingerprint density at radius 2 is 1.65 bits per heavy atom. The van der Waals surface area contributed by atoms with Gasteiger partial charge in [0.05, 0.1) is 23.3 Å². The Balaban J connectivity index is 0.733. The van der Waals surface area contributed by atoms with E-state index >= 15 is 0 Å². The van der Waals surface area contributed by atoms with Crippen LogP contribution in [0, 0.1) is 11.8 Å². The van der Waals surface area contributed by atoms with Gasteiger partial charge in [0.1, 0.15) is 42.9 Å². The van der Waals surface area contributed by atoms with Crippen molar-refractivity contribution in [2.24, 2.45) is 7.05 Å². The third-order valence-electron chi connectivity index (χ3n) is 10.9. The SMILES string of the molecule is Cn1c2ccncc2c2ccc(-c3ccc(OC4CC(Oc5ccc(C#CCOCCOc6ccc7c(c6)C(=O)N(C6CCC(=O)NC6=O)C7=O)nc5C(F)(F)F)C4)nc3)cc21. The van der Waals surface area contributed by atoms with Gasteiger partial charge in [0.2, 0.25) is 17.7 Å². The molecule has 62 heavy (non-hydrogen) atoms. The Morgan fingerprint density at radius 1 is 0.839 bits per heavy atom. The van der Waals surface area contributed by atoms with Crippen LogP contribution in [0.5, 0.6) is 17.4 Å². The summed E-state index contributed by atoms with van der Waals surface area (Å²) in [5.74, 6) is 3.03. The molecule has 314 valence electrons. The average Bonchev–Trinajstić information content (AvgIpc) is 3.67. The van der Waals surface area contributed by atoms with Gasteiger partial charge in [-0.3, -0.25) is 34.4 Å². The number of ether oxygens (including phenoxy) is 4. The topological polar surface area (TPSA) is 164 Å². The zero-order valence-electron chi connectivity index (χ0n) is 32.9. The smallest absolute Gasteiger partial charge is 0.437 e. The molecule has 1 saturated heterocycles. The molecule has 4 amide bonds. The fraction of sp³-hybridized carbons (Fsp3) is 0.267. The molecule has 0 spiro atoms. The second-order valence-corrected chi connectivity index (χ2v) is 14.9. The number of amides is 4. The molecular formula is C45H35F3N6O8. The lowest BCUT2D eigenvalue weighted by Gasteiger charge is -2.35. The first-order valence-electron chi connectivity index (χ1n) is 19.7. The average molecular weight is 845 g/mol. The summed E-state index contributed by atoms with van der Waals surface area (Å²) in [5, 5.41) is 4.34. The summed E-state index contributed by atoms with van der Waals surface area (Å²) < 4.78 is 67.1. The van der Waals surface area contributed by atoms with E-state index in [1.54, 1.807) is 18.5 Å². The third-order valence-corrected chi connectivity index (χ3v) is 10.9. The first-order valence-corrected chi connectivity index (χ1v) is 19.7. The van der Waals surface area contributed by atoms with Crippen LogP contribution in [0.2, 0.25) is 0 Å². The number of aromatic nitrogens is 4. The summed E-state index contributed by atoms with van der Waals surface area (Å²) in [6.07, 6.45) is 0.567. The van der Waals surface area contributed by atoms with Gasteiger partial charge < -0.3 is 23.5 Å². The van der Waals surface area contributed by atoms with Crippen LogP contribution in [0.3, 0.4) is 0 Å². The molecule has 2 aromatic carbocycles. The molecule has 1 N–H and O–H groups in total. The van der Waals surface area contributed by atoms with Crippen molar-refractivity contribution in [3.63, 3.8) is 0 Å². The Labute approximate surface area is 351 Å². The van der Waals surface area contributed by atoms with E-state index in [0.717, 1.165) is 37.8 Å². The van der Waals surface area contributed by atoms with Crippen molar-refractivity contribution in [1.82, 2.24) is 29.7 Å². The Kier molecular flexibility index (Phi) is 10.5. The molecular weight excluding hydrogens is 810 g/mol. The number of nitrogens with one attached hydrogen (secondary N) is 1. The summed E-state index contributed by atoms with van der Waals surface area (Å²) in [7, 11) is 2.02. The van der Waals surface area contributed by atoms with Gasteiger partial charge in [-0.2, -0.15) is 13.2 Å². The van der Waals surface area contributed by atoms with Crippen LogP contribution in [0.15, 0.2) is 85.3 Å². The van der Waals surface area contributed by atoms with Crippen molar-refractivity contribution >= 4 is 45.4 Å². The van der Waals surface area contributed by atoms with Crippen LogP contribution >= 0.6 is 0 Å². The largest absolute Gasteiger partial charge is 0.491 e. The zero-order chi connectivity index (χ0) is 43.1. The lowest BCUT2D eigenvalue weighted by Crippen LogP contribution is -2.54. The van der Waals surface area contributed by atoms with E-state index in [4.69, 9.17) is 18.9 Å². The van der Waals surface area contributed by atoms with Crippen LogP contribution < -0.4 is 19.5 Å². The minimum atomic E-state index is -4.79. The number of alkyl halides is 3. The lowest BCUT2D eigenvalue weighted by molar-refractivity contribution is -0.143. The molecule has 1 unspecified atom stereocenters. The fourth-order valence-electron chi connectivity index (χ4n) is 7.74. The van der Waals surface area contributed by atoms with Gasteiger partial charge in [0, 0.05) is 72.8 Å². The van der Waals surface area contributed by atoms with E-state index in [0.29, 0.717) is 18.7 Å².